The molecule has 3 heteroatoms. The van der Waals surface area contributed by atoms with E-state index in [0.717, 1.165) is 22.1 Å². The fraction of sp³-hybridized carbons (Fsp3) is 0.333. The zero-order chi connectivity index (χ0) is 15.5. The van der Waals surface area contributed by atoms with Crippen LogP contribution < -0.4 is 10.1 Å². The van der Waals surface area contributed by atoms with Gasteiger partial charge in [0.05, 0.1) is 0 Å². The van der Waals surface area contributed by atoms with Gasteiger partial charge in [0.15, 0.2) is 0 Å². The maximum Gasteiger partial charge on any atom is 0.132 e. The monoisotopic (exact) mass is 303 g/mol. The predicted molar refractivity (Wildman–Crippen MR) is 89.4 cm³/mol. The Morgan fingerprint density at radius 2 is 1.76 bits per heavy atom. The van der Waals surface area contributed by atoms with E-state index in [1.54, 1.807) is 0 Å². The molecular weight excluding hydrogens is 282 g/mol. The Labute approximate surface area is 132 Å². The van der Waals surface area contributed by atoms with Gasteiger partial charge in [0.25, 0.3) is 0 Å². The molecule has 1 N–H and O–H groups in total. The topological polar surface area (TPSA) is 21.3 Å². The second-order valence-electron chi connectivity index (χ2n) is 6.13. The summed E-state index contributed by atoms with van der Waals surface area (Å²) in [6.07, 6.45) is 0. The summed E-state index contributed by atoms with van der Waals surface area (Å²) in [5, 5.41) is 3.86. The molecule has 0 amide bonds. The minimum Gasteiger partial charge on any atom is -0.457 e. The summed E-state index contributed by atoms with van der Waals surface area (Å²) in [6, 6.07) is 13.9. The van der Waals surface area contributed by atoms with Crippen LogP contribution in [-0.4, -0.2) is 7.05 Å². The van der Waals surface area contributed by atoms with Gasteiger partial charge < -0.3 is 10.1 Å². The Morgan fingerprint density at radius 1 is 1.05 bits per heavy atom. The molecule has 0 fully saturated rings. The number of nitrogens with one attached hydrogen (secondary N) is 1. The summed E-state index contributed by atoms with van der Waals surface area (Å²) >= 11 is 6.08. The average Bonchev–Trinajstić information content (AvgIpc) is 2.41. The first kappa shape index (κ1) is 15.9. The highest BCUT2D eigenvalue weighted by Gasteiger charge is 2.19. The predicted octanol–water partition coefficient (Wildman–Crippen LogP) is 5.15. The molecule has 0 aromatic heterocycles. The third kappa shape index (κ3) is 3.99. The van der Waals surface area contributed by atoms with Crippen molar-refractivity contribution in [3.8, 4) is 11.5 Å². The van der Waals surface area contributed by atoms with Crippen LogP contribution in [0.3, 0.4) is 0 Å². The maximum absolute atomic E-state index is 6.18. The first-order chi connectivity index (χ1) is 9.91. The fourth-order valence-electron chi connectivity index (χ4n) is 2.27. The summed E-state index contributed by atoms with van der Waals surface area (Å²) in [4.78, 5) is 0. The first-order valence-electron chi connectivity index (χ1n) is 7.12. The molecule has 0 spiro atoms. The molecule has 112 valence electrons. The Hall–Kier alpha value is -1.51. The zero-order valence-electron chi connectivity index (χ0n) is 13.0. The second kappa shape index (κ2) is 6.50. The van der Waals surface area contributed by atoms with Gasteiger partial charge >= 0.3 is 0 Å². The summed E-state index contributed by atoms with van der Waals surface area (Å²) in [7, 11) is 1.91. The Bertz CT molecular complexity index is 617. The van der Waals surface area contributed by atoms with Crippen LogP contribution in [0.25, 0.3) is 0 Å². The number of ether oxygens (including phenoxy) is 1. The van der Waals surface area contributed by atoms with Crippen LogP contribution in [0.4, 0.5) is 0 Å². The van der Waals surface area contributed by atoms with Gasteiger partial charge in [0, 0.05) is 22.7 Å². The van der Waals surface area contributed by atoms with Crippen molar-refractivity contribution in [1.29, 1.82) is 0 Å². The van der Waals surface area contributed by atoms with Crippen LogP contribution in [0.2, 0.25) is 5.02 Å². The number of rotatable bonds is 4. The highest BCUT2D eigenvalue weighted by molar-refractivity contribution is 6.30. The molecule has 0 radical (unpaired) electrons. The lowest BCUT2D eigenvalue weighted by atomic mass is 9.86. The van der Waals surface area contributed by atoms with E-state index in [1.807, 2.05) is 43.4 Å². The van der Waals surface area contributed by atoms with E-state index in [9.17, 15) is 0 Å². The van der Waals surface area contributed by atoms with Crippen LogP contribution in [-0.2, 0) is 12.0 Å². The highest BCUT2D eigenvalue weighted by Crippen LogP contribution is 2.35. The van der Waals surface area contributed by atoms with Gasteiger partial charge in [-0.1, -0.05) is 50.6 Å². The number of hydrogen-bond acceptors (Lipinski definition) is 2. The standard InChI is InChI=1S/C18H22ClNO/c1-18(2,3)15-7-5-6-8-17(15)21-16-10-9-14(19)11-13(16)12-20-4/h5-11,20H,12H2,1-4H3. The molecule has 2 rings (SSSR count). The molecule has 0 atom stereocenters. The highest BCUT2D eigenvalue weighted by atomic mass is 35.5. The number of benzene rings is 2. The van der Waals surface area contributed by atoms with Crippen molar-refractivity contribution in [1.82, 2.24) is 5.32 Å². The van der Waals surface area contributed by atoms with Crippen molar-refractivity contribution in [2.75, 3.05) is 7.05 Å². The molecule has 0 heterocycles. The molecule has 0 aliphatic heterocycles. The molecular formula is C18H22ClNO. The van der Waals surface area contributed by atoms with E-state index in [2.05, 4.69) is 32.2 Å². The SMILES string of the molecule is CNCc1cc(Cl)ccc1Oc1ccccc1C(C)(C)C. The largest absolute Gasteiger partial charge is 0.457 e. The molecule has 0 saturated heterocycles. The molecule has 0 unspecified atom stereocenters. The zero-order valence-corrected chi connectivity index (χ0v) is 13.8. The van der Waals surface area contributed by atoms with E-state index in [-0.39, 0.29) is 5.41 Å². The molecule has 0 saturated carbocycles. The van der Waals surface area contributed by atoms with Gasteiger partial charge in [-0.3, -0.25) is 0 Å². The van der Waals surface area contributed by atoms with Crippen LogP contribution in [0, 0.1) is 0 Å². The summed E-state index contributed by atoms with van der Waals surface area (Å²) in [5.74, 6) is 1.73. The van der Waals surface area contributed by atoms with Crippen molar-refractivity contribution >= 4 is 11.6 Å². The normalized spacial score (nSPS) is 11.5. The Morgan fingerprint density at radius 3 is 2.43 bits per heavy atom. The third-order valence-electron chi connectivity index (χ3n) is 3.30. The maximum atomic E-state index is 6.18. The van der Waals surface area contributed by atoms with Crippen molar-refractivity contribution in [2.24, 2.45) is 0 Å². The van der Waals surface area contributed by atoms with Crippen molar-refractivity contribution in [2.45, 2.75) is 32.7 Å². The molecule has 0 aliphatic carbocycles. The Balaban J connectivity index is 2.39. The quantitative estimate of drug-likeness (QED) is 0.843. The smallest absolute Gasteiger partial charge is 0.132 e. The van der Waals surface area contributed by atoms with Crippen molar-refractivity contribution < 1.29 is 4.74 Å². The molecule has 21 heavy (non-hydrogen) atoms. The number of halogens is 1. The first-order valence-corrected chi connectivity index (χ1v) is 7.50. The van der Waals surface area contributed by atoms with Crippen LogP contribution in [0.5, 0.6) is 11.5 Å². The van der Waals surface area contributed by atoms with Crippen LogP contribution in [0.15, 0.2) is 42.5 Å². The van der Waals surface area contributed by atoms with Gasteiger partial charge in [-0.15, -0.1) is 0 Å². The van der Waals surface area contributed by atoms with Gasteiger partial charge in [-0.2, -0.15) is 0 Å². The van der Waals surface area contributed by atoms with Gasteiger partial charge in [-0.25, -0.2) is 0 Å². The summed E-state index contributed by atoms with van der Waals surface area (Å²) in [6.45, 7) is 7.27. The van der Waals surface area contributed by atoms with Gasteiger partial charge in [0.2, 0.25) is 0 Å². The van der Waals surface area contributed by atoms with Gasteiger partial charge in [-0.05, 0) is 36.7 Å². The van der Waals surface area contributed by atoms with E-state index >= 15 is 0 Å². The van der Waals surface area contributed by atoms with Crippen molar-refractivity contribution in [3.63, 3.8) is 0 Å². The second-order valence-corrected chi connectivity index (χ2v) is 6.57. The van der Waals surface area contributed by atoms with Crippen LogP contribution in [0.1, 0.15) is 31.9 Å². The van der Waals surface area contributed by atoms with Crippen LogP contribution >= 0.6 is 11.6 Å². The summed E-state index contributed by atoms with van der Waals surface area (Å²) < 4.78 is 6.18. The van der Waals surface area contributed by atoms with E-state index < -0.39 is 0 Å². The lowest BCUT2D eigenvalue weighted by Crippen LogP contribution is -2.13. The molecule has 2 aromatic rings. The van der Waals surface area contributed by atoms with Crippen molar-refractivity contribution in [3.05, 3.63) is 58.6 Å². The number of hydrogen-bond donors (Lipinski definition) is 1. The fourth-order valence-corrected chi connectivity index (χ4v) is 2.46. The third-order valence-corrected chi connectivity index (χ3v) is 3.54. The lowest BCUT2D eigenvalue weighted by molar-refractivity contribution is 0.449. The summed E-state index contributed by atoms with van der Waals surface area (Å²) in [5.41, 5.74) is 2.27. The van der Waals surface area contributed by atoms with E-state index in [1.165, 1.54) is 5.56 Å². The minimum atomic E-state index is 0.0339. The molecule has 0 bridgehead atoms. The Kier molecular flexibility index (Phi) is 4.92. The minimum absolute atomic E-state index is 0.0339. The molecule has 2 aromatic carbocycles. The molecule has 0 aliphatic rings. The van der Waals surface area contributed by atoms with E-state index in [4.69, 9.17) is 16.3 Å². The molecule has 2 nitrogen and oxygen atoms in total. The average molecular weight is 304 g/mol. The lowest BCUT2D eigenvalue weighted by Gasteiger charge is -2.23. The van der Waals surface area contributed by atoms with E-state index in [0.29, 0.717) is 6.54 Å². The van der Waals surface area contributed by atoms with Gasteiger partial charge in [0.1, 0.15) is 11.5 Å². The number of para-hydroxylation sites is 1.